The van der Waals surface area contributed by atoms with Gasteiger partial charge in [0.15, 0.2) is 0 Å². The Hall–Kier alpha value is -1.81. The third-order valence-electron chi connectivity index (χ3n) is 4.01. The first-order chi connectivity index (χ1) is 9.23. The molecule has 2 aromatic rings. The molecule has 0 atom stereocenters. The van der Waals surface area contributed by atoms with E-state index in [2.05, 4.69) is 9.97 Å². The van der Waals surface area contributed by atoms with Gasteiger partial charge in [-0.3, -0.25) is 4.98 Å². The van der Waals surface area contributed by atoms with E-state index in [9.17, 15) is 0 Å². The summed E-state index contributed by atoms with van der Waals surface area (Å²) in [5.41, 5.74) is 8.99. The Labute approximate surface area is 113 Å². The molecule has 0 radical (unpaired) electrons. The number of pyridine rings is 1. The van der Waals surface area contributed by atoms with Crippen molar-refractivity contribution in [1.82, 2.24) is 15.0 Å². The highest BCUT2D eigenvalue weighted by molar-refractivity contribution is 5.58. The normalized spacial score (nSPS) is 16.9. The Morgan fingerprint density at radius 1 is 1.21 bits per heavy atom. The number of nitrogens with zero attached hydrogens (tertiary/aromatic N) is 3. The Kier molecular flexibility index (Phi) is 3.03. The van der Waals surface area contributed by atoms with E-state index in [1.54, 1.807) is 12.4 Å². The summed E-state index contributed by atoms with van der Waals surface area (Å²) < 4.78 is 0. The second-order valence-electron chi connectivity index (χ2n) is 5.29. The van der Waals surface area contributed by atoms with E-state index in [-0.39, 0.29) is 5.41 Å². The molecule has 98 valence electrons. The summed E-state index contributed by atoms with van der Waals surface area (Å²) >= 11 is 0. The van der Waals surface area contributed by atoms with E-state index in [1.165, 1.54) is 6.42 Å². The zero-order valence-corrected chi connectivity index (χ0v) is 11.1. The van der Waals surface area contributed by atoms with Gasteiger partial charge in [-0.15, -0.1) is 0 Å². The zero-order valence-electron chi connectivity index (χ0n) is 11.1. The van der Waals surface area contributed by atoms with Gasteiger partial charge in [0, 0.05) is 35.6 Å². The average Bonchev–Trinajstić information content (AvgIpc) is 2.39. The minimum Gasteiger partial charge on any atom is -0.329 e. The second kappa shape index (κ2) is 4.70. The van der Waals surface area contributed by atoms with Crippen LogP contribution in [0.2, 0.25) is 0 Å². The van der Waals surface area contributed by atoms with Crippen molar-refractivity contribution in [2.45, 2.75) is 31.6 Å². The molecule has 0 aliphatic heterocycles. The number of hydrogen-bond acceptors (Lipinski definition) is 4. The average molecular weight is 254 g/mol. The first-order valence-corrected chi connectivity index (χ1v) is 6.70. The first-order valence-electron chi connectivity index (χ1n) is 6.70. The molecular weight excluding hydrogens is 236 g/mol. The quantitative estimate of drug-likeness (QED) is 0.912. The fraction of sp³-hybridized carbons (Fsp3) is 0.400. The van der Waals surface area contributed by atoms with E-state index >= 15 is 0 Å². The molecule has 0 aromatic carbocycles. The molecule has 1 aliphatic carbocycles. The van der Waals surface area contributed by atoms with Gasteiger partial charge in [0.2, 0.25) is 0 Å². The summed E-state index contributed by atoms with van der Waals surface area (Å²) in [5, 5.41) is 0. The molecule has 2 heterocycles. The predicted molar refractivity (Wildman–Crippen MR) is 74.6 cm³/mol. The highest BCUT2D eigenvalue weighted by Gasteiger charge is 2.40. The van der Waals surface area contributed by atoms with Crippen LogP contribution < -0.4 is 5.73 Å². The van der Waals surface area contributed by atoms with Gasteiger partial charge in [-0.25, -0.2) is 9.97 Å². The fourth-order valence-corrected chi connectivity index (χ4v) is 2.60. The maximum Gasteiger partial charge on any atom is 0.136 e. The number of aryl methyl sites for hydroxylation is 1. The van der Waals surface area contributed by atoms with Gasteiger partial charge in [0.25, 0.3) is 0 Å². The van der Waals surface area contributed by atoms with Crippen molar-refractivity contribution in [3.05, 3.63) is 42.1 Å². The highest BCUT2D eigenvalue weighted by Crippen LogP contribution is 2.41. The fourth-order valence-electron chi connectivity index (χ4n) is 2.60. The molecule has 0 bridgehead atoms. The maximum atomic E-state index is 5.95. The van der Waals surface area contributed by atoms with Crippen LogP contribution in [0.3, 0.4) is 0 Å². The molecule has 1 saturated carbocycles. The van der Waals surface area contributed by atoms with Crippen LogP contribution in [-0.4, -0.2) is 21.5 Å². The van der Waals surface area contributed by atoms with Gasteiger partial charge >= 0.3 is 0 Å². The molecule has 4 nitrogen and oxygen atoms in total. The Bertz CT molecular complexity index is 570. The van der Waals surface area contributed by atoms with E-state index in [4.69, 9.17) is 10.7 Å². The van der Waals surface area contributed by atoms with Crippen LogP contribution in [-0.2, 0) is 5.41 Å². The molecule has 1 aliphatic rings. The monoisotopic (exact) mass is 254 g/mol. The van der Waals surface area contributed by atoms with Crippen molar-refractivity contribution in [2.75, 3.05) is 6.54 Å². The van der Waals surface area contributed by atoms with Crippen LogP contribution in [0.1, 0.15) is 30.8 Å². The van der Waals surface area contributed by atoms with Gasteiger partial charge in [0.05, 0.1) is 5.69 Å². The third kappa shape index (κ3) is 2.12. The number of aromatic nitrogens is 3. The van der Waals surface area contributed by atoms with Gasteiger partial charge < -0.3 is 5.73 Å². The molecule has 2 aromatic heterocycles. The molecule has 0 saturated heterocycles. The highest BCUT2D eigenvalue weighted by atomic mass is 14.9. The lowest BCUT2D eigenvalue weighted by atomic mass is 9.68. The molecule has 0 amide bonds. The van der Waals surface area contributed by atoms with Crippen molar-refractivity contribution in [1.29, 1.82) is 0 Å². The summed E-state index contributed by atoms with van der Waals surface area (Å²) in [5.74, 6) is 0.910. The van der Waals surface area contributed by atoms with Crippen LogP contribution >= 0.6 is 0 Å². The predicted octanol–water partition coefficient (Wildman–Crippen LogP) is 2.23. The second-order valence-corrected chi connectivity index (χ2v) is 5.29. The Morgan fingerprint density at radius 3 is 2.53 bits per heavy atom. The number of hydrogen-bond donors (Lipinski definition) is 1. The molecule has 4 heteroatoms. The largest absolute Gasteiger partial charge is 0.329 e. The summed E-state index contributed by atoms with van der Waals surface area (Å²) in [4.78, 5) is 13.4. The lowest BCUT2D eigenvalue weighted by Gasteiger charge is -2.39. The van der Waals surface area contributed by atoms with Crippen molar-refractivity contribution >= 4 is 0 Å². The number of rotatable bonds is 3. The lowest BCUT2D eigenvalue weighted by molar-refractivity contribution is 0.238. The molecule has 1 fully saturated rings. The standard InChI is InChI=1S/C15H18N4/c1-11-9-13(12-3-7-17-8-4-12)19-14(18-11)15(10-16)5-2-6-15/h3-4,7-9H,2,5-6,10,16H2,1H3. The summed E-state index contributed by atoms with van der Waals surface area (Å²) in [6, 6.07) is 5.96. The van der Waals surface area contributed by atoms with Crippen molar-refractivity contribution < 1.29 is 0 Å². The summed E-state index contributed by atoms with van der Waals surface area (Å²) in [7, 11) is 0. The van der Waals surface area contributed by atoms with Crippen molar-refractivity contribution in [3.8, 4) is 11.3 Å². The smallest absolute Gasteiger partial charge is 0.136 e. The van der Waals surface area contributed by atoms with Crippen molar-refractivity contribution in [3.63, 3.8) is 0 Å². The van der Waals surface area contributed by atoms with E-state index in [0.717, 1.165) is 35.6 Å². The van der Waals surface area contributed by atoms with Crippen LogP contribution in [0.25, 0.3) is 11.3 Å². The van der Waals surface area contributed by atoms with Crippen LogP contribution in [0, 0.1) is 6.92 Å². The summed E-state index contributed by atoms with van der Waals surface area (Å²) in [6.45, 7) is 2.64. The first kappa shape index (κ1) is 12.2. The molecular formula is C15H18N4. The molecule has 2 N–H and O–H groups in total. The number of nitrogens with two attached hydrogens (primary N) is 1. The maximum absolute atomic E-state index is 5.95. The zero-order chi connectivity index (χ0) is 13.3. The molecule has 0 spiro atoms. The van der Waals surface area contributed by atoms with E-state index in [0.29, 0.717) is 6.54 Å². The third-order valence-corrected chi connectivity index (χ3v) is 4.01. The van der Waals surface area contributed by atoms with Crippen molar-refractivity contribution in [2.24, 2.45) is 5.73 Å². The Morgan fingerprint density at radius 2 is 1.95 bits per heavy atom. The minimum absolute atomic E-state index is 0.00774. The summed E-state index contributed by atoms with van der Waals surface area (Å²) in [6.07, 6.45) is 6.99. The Balaban J connectivity index is 2.06. The lowest BCUT2D eigenvalue weighted by Crippen LogP contribution is -2.43. The van der Waals surface area contributed by atoms with E-state index in [1.807, 2.05) is 25.1 Å². The SMILES string of the molecule is Cc1cc(-c2ccncc2)nc(C2(CN)CCC2)n1. The topological polar surface area (TPSA) is 64.7 Å². The van der Waals surface area contributed by atoms with Crippen LogP contribution in [0.4, 0.5) is 0 Å². The van der Waals surface area contributed by atoms with Gasteiger partial charge in [-0.1, -0.05) is 6.42 Å². The van der Waals surface area contributed by atoms with Gasteiger partial charge in [-0.05, 0) is 38.0 Å². The van der Waals surface area contributed by atoms with E-state index < -0.39 is 0 Å². The van der Waals surface area contributed by atoms with Gasteiger partial charge in [0.1, 0.15) is 5.82 Å². The van der Waals surface area contributed by atoms with Crippen LogP contribution in [0.5, 0.6) is 0 Å². The molecule has 19 heavy (non-hydrogen) atoms. The minimum atomic E-state index is 0.00774. The van der Waals surface area contributed by atoms with Gasteiger partial charge in [-0.2, -0.15) is 0 Å². The van der Waals surface area contributed by atoms with Crippen LogP contribution in [0.15, 0.2) is 30.6 Å². The molecule has 3 rings (SSSR count). The molecule has 0 unspecified atom stereocenters.